The molecule has 0 aliphatic carbocycles. The van der Waals surface area contributed by atoms with Gasteiger partial charge in [0.05, 0.1) is 0 Å². The van der Waals surface area contributed by atoms with Gasteiger partial charge in [-0.05, 0) is 25.9 Å². The van der Waals surface area contributed by atoms with Gasteiger partial charge in [-0.2, -0.15) is 13.2 Å². The molecule has 1 aliphatic rings. The van der Waals surface area contributed by atoms with Crippen molar-refractivity contribution in [1.82, 2.24) is 5.32 Å². The molecule has 1 saturated heterocycles. The summed E-state index contributed by atoms with van der Waals surface area (Å²) in [5.41, 5.74) is -1.83. The second-order valence-corrected chi connectivity index (χ2v) is 3.47. The van der Waals surface area contributed by atoms with E-state index in [1.165, 1.54) is 0 Å². The predicted octanol–water partition coefficient (Wildman–Crippen LogP) is 1.18. The standard InChI is InChI=1S/C8H11F4NO2/c9-7(1-3-13-4-2-7)5-15-6(14)8(10,11)12/h13H,1-5H2. The fourth-order valence-electron chi connectivity index (χ4n) is 1.30. The summed E-state index contributed by atoms with van der Waals surface area (Å²) in [4.78, 5) is 10.3. The smallest absolute Gasteiger partial charge is 0.456 e. The van der Waals surface area contributed by atoms with Crippen LogP contribution >= 0.6 is 0 Å². The molecule has 0 amide bonds. The number of hydrogen-bond acceptors (Lipinski definition) is 3. The van der Waals surface area contributed by atoms with E-state index in [4.69, 9.17) is 0 Å². The zero-order valence-electron chi connectivity index (χ0n) is 7.86. The molecule has 1 aliphatic heterocycles. The molecule has 1 rings (SSSR count). The number of ether oxygens (including phenoxy) is 1. The van der Waals surface area contributed by atoms with Crippen LogP contribution in [0.25, 0.3) is 0 Å². The maximum absolute atomic E-state index is 13.6. The van der Waals surface area contributed by atoms with Crippen molar-refractivity contribution in [1.29, 1.82) is 0 Å². The maximum atomic E-state index is 13.6. The molecule has 0 spiro atoms. The van der Waals surface area contributed by atoms with Crippen LogP contribution in [-0.2, 0) is 9.53 Å². The zero-order chi connectivity index (χ0) is 11.5. The van der Waals surface area contributed by atoms with Crippen molar-refractivity contribution < 1.29 is 27.1 Å². The highest BCUT2D eigenvalue weighted by atomic mass is 19.4. The summed E-state index contributed by atoms with van der Waals surface area (Å²) in [6, 6.07) is 0. The first-order valence-electron chi connectivity index (χ1n) is 4.47. The van der Waals surface area contributed by atoms with E-state index in [9.17, 15) is 22.4 Å². The molecule has 0 unspecified atom stereocenters. The van der Waals surface area contributed by atoms with Crippen LogP contribution in [0.15, 0.2) is 0 Å². The Hall–Kier alpha value is -0.850. The van der Waals surface area contributed by atoms with E-state index in [0.717, 1.165) is 0 Å². The van der Waals surface area contributed by atoms with Crippen molar-refractivity contribution in [2.75, 3.05) is 19.7 Å². The number of halogens is 4. The highest BCUT2D eigenvalue weighted by Crippen LogP contribution is 2.25. The molecule has 88 valence electrons. The van der Waals surface area contributed by atoms with Crippen molar-refractivity contribution in [2.45, 2.75) is 24.7 Å². The minimum Gasteiger partial charge on any atom is -0.456 e. The van der Waals surface area contributed by atoms with Gasteiger partial charge in [-0.25, -0.2) is 9.18 Å². The second kappa shape index (κ2) is 4.34. The second-order valence-electron chi connectivity index (χ2n) is 3.47. The number of rotatable bonds is 2. The summed E-state index contributed by atoms with van der Waals surface area (Å²) in [5.74, 6) is -2.34. The number of nitrogens with one attached hydrogen (secondary N) is 1. The molecule has 7 heteroatoms. The molecule has 0 atom stereocenters. The lowest BCUT2D eigenvalue weighted by molar-refractivity contribution is -0.203. The number of carbonyl (C=O) groups excluding carboxylic acids is 1. The molecule has 1 fully saturated rings. The Kier molecular flexibility index (Phi) is 3.54. The van der Waals surface area contributed by atoms with Gasteiger partial charge in [0.2, 0.25) is 0 Å². The molecule has 0 aromatic carbocycles. The van der Waals surface area contributed by atoms with E-state index >= 15 is 0 Å². The molecular formula is C8H11F4NO2. The minimum atomic E-state index is -5.05. The van der Waals surface area contributed by atoms with E-state index in [1.807, 2.05) is 0 Å². The average molecular weight is 229 g/mol. The highest BCUT2D eigenvalue weighted by molar-refractivity contribution is 5.75. The summed E-state index contributed by atoms with van der Waals surface area (Å²) >= 11 is 0. The van der Waals surface area contributed by atoms with Gasteiger partial charge >= 0.3 is 12.1 Å². The van der Waals surface area contributed by atoms with Crippen molar-refractivity contribution >= 4 is 5.97 Å². The Morgan fingerprint density at radius 1 is 1.33 bits per heavy atom. The van der Waals surface area contributed by atoms with Crippen LogP contribution in [0.1, 0.15) is 12.8 Å². The molecule has 0 aromatic rings. The van der Waals surface area contributed by atoms with Gasteiger partial charge in [0, 0.05) is 0 Å². The molecule has 1 N–H and O–H groups in total. The molecule has 0 radical (unpaired) electrons. The van der Waals surface area contributed by atoms with Gasteiger partial charge < -0.3 is 10.1 Å². The largest absolute Gasteiger partial charge is 0.490 e. The van der Waals surface area contributed by atoms with Crippen LogP contribution in [0.5, 0.6) is 0 Å². The first-order valence-corrected chi connectivity index (χ1v) is 4.47. The Morgan fingerprint density at radius 2 is 1.87 bits per heavy atom. The van der Waals surface area contributed by atoms with Crippen LogP contribution < -0.4 is 5.32 Å². The summed E-state index contributed by atoms with van der Waals surface area (Å²) in [5, 5.41) is 2.86. The normalized spacial score (nSPS) is 21.1. The Labute approximate surface area is 83.8 Å². The summed E-state index contributed by atoms with van der Waals surface area (Å²) in [6.07, 6.45) is -4.94. The monoisotopic (exact) mass is 229 g/mol. The minimum absolute atomic E-state index is 0.0537. The number of alkyl halides is 4. The summed E-state index contributed by atoms with van der Waals surface area (Å²) < 4.78 is 52.7. The zero-order valence-corrected chi connectivity index (χ0v) is 7.86. The predicted molar refractivity (Wildman–Crippen MR) is 43.0 cm³/mol. The quantitative estimate of drug-likeness (QED) is 0.571. The van der Waals surface area contributed by atoms with E-state index in [0.29, 0.717) is 13.1 Å². The topological polar surface area (TPSA) is 38.3 Å². The molecule has 15 heavy (non-hydrogen) atoms. The van der Waals surface area contributed by atoms with Gasteiger partial charge in [-0.15, -0.1) is 0 Å². The third-order valence-electron chi connectivity index (χ3n) is 2.19. The molecule has 0 saturated carbocycles. The SMILES string of the molecule is O=C(OCC1(F)CCNCC1)C(F)(F)F. The van der Waals surface area contributed by atoms with Crippen LogP contribution in [0.3, 0.4) is 0 Å². The van der Waals surface area contributed by atoms with E-state index in [-0.39, 0.29) is 12.8 Å². The fourth-order valence-corrected chi connectivity index (χ4v) is 1.30. The number of hydrogen-bond donors (Lipinski definition) is 1. The Morgan fingerprint density at radius 3 is 2.33 bits per heavy atom. The van der Waals surface area contributed by atoms with Crippen LogP contribution in [0, 0.1) is 0 Å². The molecule has 3 nitrogen and oxygen atoms in total. The van der Waals surface area contributed by atoms with Crippen LogP contribution in [-0.4, -0.2) is 37.5 Å². The van der Waals surface area contributed by atoms with Gasteiger partial charge in [0.1, 0.15) is 12.3 Å². The van der Waals surface area contributed by atoms with Gasteiger partial charge in [0.15, 0.2) is 0 Å². The Balaban J connectivity index is 2.38. The van der Waals surface area contributed by atoms with Crippen molar-refractivity contribution in [3.05, 3.63) is 0 Å². The molecular weight excluding hydrogens is 218 g/mol. The maximum Gasteiger partial charge on any atom is 0.490 e. The summed E-state index contributed by atoms with van der Waals surface area (Å²) in [7, 11) is 0. The first kappa shape index (κ1) is 12.2. The fraction of sp³-hybridized carbons (Fsp3) is 0.875. The number of esters is 1. The van der Waals surface area contributed by atoms with Crippen LogP contribution in [0.2, 0.25) is 0 Å². The number of piperidine rings is 1. The van der Waals surface area contributed by atoms with E-state index < -0.39 is 24.4 Å². The lowest BCUT2D eigenvalue weighted by Crippen LogP contribution is -2.43. The average Bonchev–Trinajstić information content (AvgIpc) is 2.14. The summed E-state index contributed by atoms with van der Waals surface area (Å²) in [6.45, 7) is -0.0762. The van der Waals surface area contributed by atoms with Crippen LogP contribution in [0.4, 0.5) is 17.6 Å². The van der Waals surface area contributed by atoms with E-state index in [2.05, 4.69) is 10.1 Å². The third-order valence-corrected chi connectivity index (χ3v) is 2.19. The van der Waals surface area contributed by atoms with Gasteiger partial charge in [-0.3, -0.25) is 0 Å². The lowest BCUT2D eigenvalue weighted by atomic mass is 9.96. The van der Waals surface area contributed by atoms with Gasteiger partial charge in [0.25, 0.3) is 0 Å². The lowest BCUT2D eigenvalue weighted by Gasteiger charge is -2.29. The highest BCUT2D eigenvalue weighted by Gasteiger charge is 2.43. The van der Waals surface area contributed by atoms with Crippen molar-refractivity contribution in [2.24, 2.45) is 0 Å². The third kappa shape index (κ3) is 3.65. The molecule has 0 aromatic heterocycles. The van der Waals surface area contributed by atoms with Crippen molar-refractivity contribution in [3.8, 4) is 0 Å². The van der Waals surface area contributed by atoms with E-state index in [1.54, 1.807) is 0 Å². The van der Waals surface area contributed by atoms with Crippen molar-refractivity contribution in [3.63, 3.8) is 0 Å². The first-order chi connectivity index (χ1) is 6.83. The Bertz CT molecular complexity index is 235. The molecule has 0 bridgehead atoms. The number of carbonyl (C=O) groups is 1. The van der Waals surface area contributed by atoms with Gasteiger partial charge in [-0.1, -0.05) is 0 Å². The molecule has 1 heterocycles.